The van der Waals surface area contributed by atoms with Gasteiger partial charge in [-0.1, -0.05) is 6.07 Å². The number of nitrogens with one attached hydrogen (secondary N) is 1. The van der Waals surface area contributed by atoms with Gasteiger partial charge >= 0.3 is 0 Å². The molecule has 2 rings (SSSR count). The third-order valence-electron chi connectivity index (χ3n) is 2.56. The molecular formula is C11H17ClN2O2S. The quantitative estimate of drug-likeness (QED) is 0.899. The molecule has 0 atom stereocenters. The van der Waals surface area contributed by atoms with Crippen molar-refractivity contribution in [2.45, 2.75) is 0 Å². The first-order valence-electron chi connectivity index (χ1n) is 5.48. The molecule has 4 nitrogen and oxygen atoms in total. The molecular weight excluding hydrogens is 260 g/mol. The van der Waals surface area contributed by atoms with E-state index in [9.17, 15) is 4.79 Å². The number of halogens is 1. The highest BCUT2D eigenvalue weighted by atomic mass is 35.5. The van der Waals surface area contributed by atoms with Crippen molar-refractivity contribution in [3.63, 3.8) is 0 Å². The van der Waals surface area contributed by atoms with Gasteiger partial charge in [0.25, 0.3) is 5.91 Å². The fourth-order valence-electron chi connectivity index (χ4n) is 1.65. The van der Waals surface area contributed by atoms with Crippen LogP contribution in [-0.2, 0) is 4.74 Å². The molecule has 0 radical (unpaired) electrons. The van der Waals surface area contributed by atoms with Crippen molar-refractivity contribution in [3.05, 3.63) is 22.4 Å². The summed E-state index contributed by atoms with van der Waals surface area (Å²) in [6, 6.07) is 3.73. The van der Waals surface area contributed by atoms with Gasteiger partial charge in [0.2, 0.25) is 0 Å². The van der Waals surface area contributed by atoms with Gasteiger partial charge in [-0.3, -0.25) is 9.69 Å². The lowest BCUT2D eigenvalue weighted by atomic mass is 10.4. The van der Waals surface area contributed by atoms with Crippen molar-refractivity contribution < 1.29 is 9.53 Å². The zero-order chi connectivity index (χ0) is 11.2. The molecule has 0 unspecified atom stereocenters. The largest absolute Gasteiger partial charge is 0.379 e. The smallest absolute Gasteiger partial charge is 0.261 e. The summed E-state index contributed by atoms with van der Waals surface area (Å²) in [5.74, 6) is 0.0308. The van der Waals surface area contributed by atoms with E-state index in [4.69, 9.17) is 4.74 Å². The van der Waals surface area contributed by atoms with Crippen molar-refractivity contribution >= 4 is 29.7 Å². The second-order valence-corrected chi connectivity index (χ2v) is 4.63. The van der Waals surface area contributed by atoms with Crippen LogP contribution in [0, 0.1) is 0 Å². The molecule has 1 aliphatic rings. The number of carbonyl (C=O) groups excluding carboxylic acids is 1. The number of hydrogen-bond donors (Lipinski definition) is 1. The lowest BCUT2D eigenvalue weighted by molar-refractivity contribution is 0.0383. The fraction of sp³-hybridized carbons (Fsp3) is 0.545. The van der Waals surface area contributed by atoms with E-state index in [0.717, 1.165) is 37.7 Å². The third-order valence-corrected chi connectivity index (χ3v) is 3.43. The van der Waals surface area contributed by atoms with Gasteiger partial charge in [-0.2, -0.15) is 0 Å². The molecule has 0 aromatic carbocycles. The highest BCUT2D eigenvalue weighted by Gasteiger charge is 2.10. The number of thiophene rings is 1. The number of hydrogen-bond acceptors (Lipinski definition) is 4. The lowest BCUT2D eigenvalue weighted by Gasteiger charge is -2.26. The van der Waals surface area contributed by atoms with Crippen LogP contribution in [0.5, 0.6) is 0 Å². The first-order valence-corrected chi connectivity index (χ1v) is 6.36. The Morgan fingerprint density at radius 1 is 1.47 bits per heavy atom. The van der Waals surface area contributed by atoms with Crippen LogP contribution in [-0.4, -0.2) is 50.2 Å². The summed E-state index contributed by atoms with van der Waals surface area (Å²) in [4.78, 5) is 14.7. The Kier molecular flexibility index (Phi) is 6.50. The van der Waals surface area contributed by atoms with Crippen LogP contribution in [0.2, 0.25) is 0 Å². The minimum atomic E-state index is 0. The van der Waals surface area contributed by atoms with E-state index in [1.54, 1.807) is 0 Å². The van der Waals surface area contributed by atoms with Gasteiger partial charge in [0, 0.05) is 26.2 Å². The molecule has 17 heavy (non-hydrogen) atoms. The highest BCUT2D eigenvalue weighted by molar-refractivity contribution is 7.12. The van der Waals surface area contributed by atoms with Crippen LogP contribution in [0.3, 0.4) is 0 Å². The summed E-state index contributed by atoms with van der Waals surface area (Å²) in [5, 5.41) is 4.83. The van der Waals surface area contributed by atoms with E-state index < -0.39 is 0 Å². The summed E-state index contributed by atoms with van der Waals surface area (Å²) in [6.07, 6.45) is 0. The van der Waals surface area contributed by atoms with E-state index in [1.165, 1.54) is 11.3 Å². The van der Waals surface area contributed by atoms with Gasteiger partial charge in [0.05, 0.1) is 18.1 Å². The van der Waals surface area contributed by atoms with Crippen LogP contribution in [0.1, 0.15) is 9.67 Å². The Balaban J connectivity index is 0.00000144. The summed E-state index contributed by atoms with van der Waals surface area (Å²) in [6.45, 7) is 5.15. The maximum absolute atomic E-state index is 11.6. The van der Waals surface area contributed by atoms with Crippen LogP contribution >= 0.6 is 23.7 Å². The minimum Gasteiger partial charge on any atom is -0.379 e. The molecule has 1 fully saturated rings. The molecule has 2 heterocycles. The molecule has 96 valence electrons. The number of carbonyl (C=O) groups is 1. The molecule has 1 N–H and O–H groups in total. The molecule has 1 aliphatic heterocycles. The first kappa shape index (κ1) is 14.4. The van der Waals surface area contributed by atoms with Crippen molar-refractivity contribution in [3.8, 4) is 0 Å². The maximum atomic E-state index is 11.6. The number of nitrogens with zero attached hydrogens (tertiary/aromatic N) is 1. The first-order chi connectivity index (χ1) is 7.86. The average Bonchev–Trinajstić information content (AvgIpc) is 2.84. The number of morpholine rings is 1. The standard InChI is InChI=1S/C11H16N2O2S.ClH/c14-11(10-2-1-9-16-10)12-3-4-13-5-7-15-8-6-13;/h1-2,9H,3-8H2,(H,12,14);1H. The Morgan fingerprint density at radius 2 is 2.24 bits per heavy atom. The zero-order valence-corrected chi connectivity index (χ0v) is 11.2. The zero-order valence-electron chi connectivity index (χ0n) is 9.55. The summed E-state index contributed by atoms with van der Waals surface area (Å²) in [7, 11) is 0. The average molecular weight is 277 g/mol. The van der Waals surface area contributed by atoms with Crippen molar-refractivity contribution in [1.29, 1.82) is 0 Å². The van der Waals surface area contributed by atoms with Crippen LogP contribution < -0.4 is 5.32 Å². The monoisotopic (exact) mass is 276 g/mol. The third kappa shape index (κ3) is 4.63. The molecule has 6 heteroatoms. The molecule has 1 amide bonds. The normalized spacial score (nSPS) is 16.2. The van der Waals surface area contributed by atoms with Crippen molar-refractivity contribution in [2.75, 3.05) is 39.4 Å². The van der Waals surface area contributed by atoms with E-state index in [2.05, 4.69) is 10.2 Å². The van der Waals surface area contributed by atoms with Gasteiger partial charge in [0.15, 0.2) is 0 Å². The molecule has 0 saturated carbocycles. The van der Waals surface area contributed by atoms with E-state index in [-0.39, 0.29) is 18.3 Å². The second kappa shape index (κ2) is 7.66. The predicted octanol–water partition coefficient (Wildman–Crippen LogP) is 1.23. The Hall–Kier alpha value is -0.620. The summed E-state index contributed by atoms with van der Waals surface area (Å²) in [5.41, 5.74) is 0. The second-order valence-electron chi connectivity index (χ2n) is 3.69. The molecule has 0 spiro atoms. The number of ether oxygens (including phenoxy) is 1. The van der Waals surface area contributed by atoms with E-state index >= 15 is 0 Å². The van der Waals surface area contributed by atoms with Gasteiger partial charge < -0.3 is 10.1 Å². The predicted molar refractivity (Wildman–Crippen MR) is 71.2 cm³/mol. The topological polar surface area (TPSA) is 41.6 Å². The maximum Gasteiger partial charge on any atom is 0.261 e. The SMILES string of the molecule is Cl.O=C(NCCN1CCOCC1)c1cccs1. The van der Waals surface area contributed by atoms with E-state index in [1.807, 2.05) is 17.5 Å². The molecule has 0 bridgehead atoms. The lowest BCUT2D eigenvalue weighted by Crippen LogP contribution is -2.41. The van der Waals surface area contributed by atoms with Gasteiger partial charge in [-0.05, 0) is 11.4 Å². The molecule has 1 aromatic rings. The number of amides is 1. The number of rotatable bonds is 4. The van der Waals surface area contributed by atoms with Crippen molar-refractivity contribution in [2.24, 2.45) is 0 Å². The Labute approximate surface area is 111 Å². The molecule has 1 aromatic heterocycles. The summed E-state index contributed by atoms with van der Waals surface area (Å²) >= 11 is 1.47. The van der Waals surface area contributed by atoms with Gasteiger partial charge in [0.1, 0.15) is 0 Å². The Morgan fingerprint density at radius 3 is 2.88 bits per heavy atom. The highest BCUT2D eigenvalue weighted by Crippen LogP contribution is 2.07. The van der Waals surface area contributed by atoms with E-state index in [0.29, 0.717) is 6.54 Å². The van der Waals surface area contributed by atoms with Crippen LogP contribution in [0.25, 0.3) is 0 Å². The summed E-state index contributed by atoms with van der Waals surface area (Å²) < 4.78 is 5.26. The van der Waals surface area contributed by atoms with Crippen LogP contribution in [0.4, 0.5) is 0 Å². The van der Waals surface area contributed by atoms with Crippen LogP contribution in [0.15, 0.2) is 17.5 Å². The fourth-order valence-corrected chi connectivity index (χ4v) is 2.29. The van der Waals surface area contributed by atoms with Gasteiger partial charge in [-0.15, -0.1) is 23.7 Å². The minimum absolute atomic E-state index is 0. The van der Waals surface area contributed by atoms with Crippen molar-refractivity contribution in [1.82, 2.24) is 10.2 Å². The van der Waals surface area contributed by atoms with Gasteiger partial charge in [-0.25, -0.2) is 0 Å². The molecule has 0 aliphatic carbocycles. The Bertz CT molecular complexity index is 326. The molecule has 1 saturated heterocycles.